The number of amides is 1. The first-order valence-corrected chi connectivity index (χ1v) is 9.32. The van der Waals surface area contributed by atoms with Crippen LogP contribution in [0.3, 0.4) is 0 Å². The fraction of sp³-hybridized carbons (Fsp3) is 0.533. The molecule has 1 amide bonds. The smallest absolute Gasteiger partial charge is 0.243 e. The van der Waals surface area contributed by atoms with E-state index >= 15 is 0 Å². The van der Waals surface area contributed by atoms with Crippen LogP contribution >= 0.6 is 0 Å². The molecule has 1 saturated heterocycles. The molecular formula is C15H22N2O5S. The summed E-state index contributed by atoms with van der Waals surface area (Å²) < 4.78 is 35.8. The van der Waals surface area contributed by atoms with E-state index in [0.717, 1.165) is 10.6 Å². The van der Waals surface area contributed by atoms with Gasteiger partial charge in [-0.2, -0.15) is 0 Å². The van der Waals surface area contributed by atoms with Crippen LogP contribution in [0.4, 0.5) is 5.69 Å². The van der Waals surface area contributed by atoms with Gasteiger partial charge in [-0.1, -0.05) is 0 Å². The van der Waals surface area contributed by atoms with Gasteiger partial charge in [-0.05, 0) is 31.2 Å². The minimum absolute atomic E-state index is 0.215. The van der Waals surface area contributed by atoms with E-state index in [-0.39, 0.29) is 12.5 Å². The molecule has 0 atom stereocenters. The summed E-state index contributed by atoms with van der Waals surface area (Å²) in [7, 11) is -3.56. The minimum Gasteiger partial charge on any atom is -0.494 e. The van der Waals surface area contributed by atoms with Crippen molar-refractivity contribution in [2.75, 3.05) is 50.0 Å². The summed E-state index contributed by atoms with van der Waals surface area (Å²) in [6.45, 7) is 4.12. The summed E-state index contributed by atoms with van der Waals surface area (Å²) in [5.41, 5.74) is 0.442. The number of hydrogen-bond donors (Lipinski definition) is 0. The molecule has 0 aromatic heterocycles. The number of rotatable bonds is 6. The highest BCUT2D eigenvalue weighted by atomic mass is 32.2. The summed E-state index contributed by atoms with van der Waals surface area (Å²) >= 11 is 0. The number of sulfonamides is 1. The maximum atomic E-state index is 12.3. The molecule has 8 heteroatoms. The maximum absolute atomic E-state index is 12.3. The van der Waals surface area contributed by atoms with Crippen molar-refractivity contribution < 1.29 is 22.7 Å². The quantitative estimate of drug-likeness (QED) is 0.761. The number of carbonyl (C=O) groups is 1. The summed E-state index contributed by atoms with van der Waals surface area (Å²) in [5, 5.41) is 0. The zero-order chi connectivity index (χ0) is 16.9. The largest absolute Gasteiger partial charge is 0.494 e. The van der Waals surface area contributed by atoms with E-state index in [1.165, 1.54) is 0 Å². The van der Waals surface area contributed by atoms with Gasteiger partial charge in [0, 0.05) is 13.1 Å². The van der Waals surface area contributed by atoms with Gasteiger partial charge >= 0.3 is 0 Å². The van der Waals surface area contributed by atoms with Crippen LogP contribution in [0.1, 0.15) is 6.92 Å². The van der Waals surface area contributed by atoms with Crippen LogP contribution in [0.15, 0.2) is 24.3 Å². The Hall–Kier alpha value is -1.80. The van der Waals surface area contributed by atoms with Crippen molar-refractivity contribution in [3.63, 3.8) is 0 Å². The number of morpholine rings is 1. The molecule has 0 unspecified atom stereocenters. The van der Waals surface area contributed by atoms with Gasteiger partial charge in [0.25, 0.3) is 0 Å². The molecule has 7 nitrogen and oxygen atoms in total. The van der Waals surface area contributed by atoms with Gasteiger partial charge in [0.05, 0.1) is 31.8 Å². The molecule has 23 heavy (non-hydrogen) atoms. The summed E-state index contributed by atoms with van der Waals surface area (Å²) in [4.78, 5) is 14.0. The fourth-order valence-corrected chi connectivity index (χ4v) is 3.16. The first kappa shape index (κ1) is 17.6. The first-order chi connectivity index (χ1) is 10.9. The Kier molecular flexibility index (Phi) is 5.84. The van der Waals surface area contributed by atoms with Crippen LogP contribution in [0.2, 0.25) is 0 Å². The van der Waals surface area contributed by atoms with Crippen LogP contribution in [-0.2, 0) is 19.6 Å². The van der Waals surface area contributed by atoms with Crippen molar-refractivity contribution in [3.05, 3.63) is 24.3 Å². The predicted octanol–water partition coefficient (Wildman–Crippen LogP) is 0.710. The van der Waals surface area contributed by atoms with Crippen molar-refractivity contribution in [1.29, 1.82) is 0 Å². The lowest BCUT2D eigenvalue weighted by molar-refractivity contribution is -0.133. The molecule has 1 aromatic rings. The van der Waals surface area contributed by atoms with Crippen LogP contribution < -0.4 is 9.04 Å². The lowest BCUT2D eigenvalue weighted by Crippen LogP contribution is -2.47. The molecule has 1 aliphatic heterocycles. The van der Waals surface area contributed by atoms with Gasteiger partial charge in [-0.3, -0.25) is 9.10 Å². The van der Waals surface area contributed by atoms with Gasteiger partial charge in [0.15, 0.2) is 0 Å². The third-order valence-corrected chi connectivity index (χ3v) is 4.62. The predicted molar refractivity (Wildman–Crippen MR) is 87.2 cm³/mol. The summed E-state index contributed by atoms with van der Waals surface area (Å²) in [6.07, 6.45) is 1.09. The van der Waals surface area contributed by atoms with Crippen LogP contribution in [0, 0.1) is 0 Å². The van der Waals surface area contributed by atoms with Crippen LogP contribution in [0.5, 0.6) is 5.75 Å². The van der Waals surface area contributed by atoms with E-state index in [0.29, 0.717) is 44.3 Å². The second-order valence-electron chi connectivity index (χ2n) is 5.19. The monoisotopic (exact) mass is 342 g/mol. The average Bonchev–Trinajstić information content (AvgIpc) is 2.53. The first-order valence-electron chi connectivity index (χ1n) is 7.48. The number of ether oxygens (including phenoxy) is 2. The Bertz CT molecular complexity index is 624. The van der Waals surface area contributed by atoms with Crippen LogP contribution in [-0.4, -0.2) is 64.9 Å². The van der Waals surface area contributed by atoms with E-state index in [9.17, 15) is 13.2 Å². The average molecular weight is 342 g/mol. The van der Waals surface area contributed by atoms with Crippen molar-refractivity contribution in [1.82, 2.24) is 4.90 Å². The summed E-state index contributed by atoms with van der Waals surface area (Å²) in [6, 6.07) is 6.66. The fourth-order valence-electron chi connectivity index (χ4n) is 2.31. The van der Waals surface area contributed by atoms with Crippen molar-refractivity contribution >= 4 is 21.6 Å². The highest BCUT2D eigenvalue weighted by molar-refractivity contribution is 7.92. The normalized spacial score (nSPS) is 15.3. The molecule has 1 aliphatic rings. The molecule has 0 radical (unpaired) electrons. The zero-order valence-corrected chi connectivity index (χ0v) is 14.2. The molecule has 128 valence electrons. The van der Waals surface area contributed by atoms with E-state index < -0.39 is 10.0 Å². The third kappa shape index (κ3) is 4.84. The third-order valence-electron chi connectivity index (χ3n) is 3.48. The Morgan fingerprint density at radius 3 is 2.39 bits per heavy atom. The Morgan fingerprint density at radius 2 is 1.87 bits per heavy atom. The number of nitrogens with zero attached hydrogens (tertiary/aromatic N) is 2. The van der Waals surface area contributed by atoms with E-state index in [1.807, 2.05) is 6.92 Å². The zero-order valence-electron chi connectivity index (χ0n) is 13.4. The van der Waals surface area contributed by atoms with Crippen molar-refractivity contribution in [2.24, 2.45) is 0 Å². The van der Waals surface area contributed by atoms with Crippen molar-refractivity contribution in [2.45, 2.75) is 6.92 Å². The van der Waals surface area contributed by atoms with Gasteiger partial charge in [-0.25, -0.2) is 8.42 Å². The molecule has 1 aromatic carbocycles. The standard InChI is InChI=1S/C15H22N2O5S/c1-3-22-14-6-4-13(5-7-14)17(23(2,19)20)12-15(18)16-8-10-21-11-9-16/h4-7H,3,8-12H2,1-2H3. The molecule has 0 aliphatic carbocycles. The van der Waals surface area contributed by atoms with Crippen LogP contribution in [0.25, 0.3) is 0 Å². The summed E-state index contributed by atoms with van der Waals surface area (Å²) in [5.74, 6) is 0.428. The number of carbonyl (C=O) groups excluding carboxylic acids is 1. The van der Waals surface area contributed by atoms with Gasteiger partial charge in [-0.15, -0.1) is 0 Å². The molecule has 1 fully saturated rings. The number of hydrogen-bond acceptors (Lipinski definition) is 5. The molecule has 1 heterocycles. The SMILES string of the molecule is CCOc1ccc(N(CC(=O)N2CCOCC2)S(C)(=O)=O)cc1. The number of benzene rings is 1. The van der Waals surface area contributed by atoms with E-state index in [1.54, 1.807) is 29.2 Å². The van der Waals surface area contributed by atoms with Gasteiger partial charge < -0.3 is 14.4 Å². The second-order valence-corrected chi connectivity index (χ2v) is 7.10. The minimum atomic E-state index is -3.56. The molecular weight excluding hydrogens is 320 g/mol. The molecule has 0 saturated carbocycles. The Labute approximate surface area is 136 Å². The number of anilines is 1. The van der Waals surface area contributed by atoms with E-state index in [4.69, 9.17) is 9.47 Å². The Morgan fingerprint density at radius 1 is 1.26 bits per heavy atom. The highest BCUT2D eigenvalue weighted by Crippen LogP contribution is 2.21. The second kappa shape index (κ2) is 7.65. The van der Waals surface area contributed by atoms with Gasteiger partial charge in [0.2, 0.25) is 15.9 Å². The molecule has 0 bridgehead atoms. The molecule has 2 rings (SSSR count). The van der Waals surface area contributed by atoms with E-state index in [2.05, 4.69) is 0 Å². The lowest BCUT2D eigenvalue weighted by Gasteiger charge is -2.30. The van der Waals surface area contributed by atoms with Crippen molar-refractivity contribution in [3.8, 4) is 5.75 Å². The topological polar surface area (TPSA) is 76.2 Å². The molecule has 0 N–H and O–H groups in total. The lowest BCUT2D eigenvalue weighted by atomic mass is 10.3. The van der Waals surface area contributed by atoms with Gasteiger partial charge in [0.1, 0.15) is 12.3 Å². The molecule has 0 spiro atoms. The maximum Gasteiger partial charge on any atom is 0.243 e. The highest BCUT2D eigenvalue weighted by Gasteiger charge is 2.25. The Balaban J connectivity index is 2.15.